The van der Waals surface area contributed by atoms with Gasteiger partial charge >= 0.3 is 0 Å². The first kappa shape index (κ1) is 11.4. The largest absolute Gasteiger partial charge is 0.292 e. The van der Waals surface area contributed by atoms with Gasteiger partial charge in [-0.2, -0.15) is 5.10 Å². The number of carbonyl (C=O) groups is 1. The third kappa shape index (κ3) is 1.79. The summed E-state index contributed by atoms with van der Waals surface area (Å²) >= 11 is 0. The van der Waals surface area contributed by atoms with Crippen molar-refractivity contribution in [3.63, 3.8) is 0 Å². The van der Waals surface area contributed by atoms with Gasteiger partial charge in [0.15, 0.2) is 5.78 Å². The minimum absolute atomic E-state index is 0.153. The molecule has 2 rings (SSSR count). The molecule has 1 aromatic heterocycles. The summed E-state index contributed by atoms with van der Waals surface area (Å²) in [5, 5.41) is 4.17. The summed E-state index contributed by atoms with van der Waals surface area (Å²) < 4.78 is 1.80. The maximum atomic E-state index is 12.4. The quantitative estimate of drug-likeness (QED) is 0.734. The van der Waals surface area contributed by atoms with Gasteiger partial charge in [0.1, 0.15) is 5.69 Å². The van der Waals surface area contributed by atoms with E-state index in [4.69, 9.17) is 0 Å². The molecule has 1 saturated carbocycles. The Bertz CT molecular complexity index is 392. The number of aryl methyl sites for hydroxylation is 1. The summed E-state index contributed by atoms with van der Waals surface area (Å²) in [6.45, 7) is 7.19. The molecule has 0 radical (unpaired) electrons. The Labute approximate surface area is 96.8 Å². The van der Waals surface area contributed by atoms with E-state index in [1.807, 2.05) is 13.0 Å². The van der Waals surface area contributed by atoms with Crippen molar-refractivity contribution in [2.24, 2.45) is 11.3 Å². The summed E-state index contributed by atoms with van der Waals surface area (Å²) in [4.78, 5) is 12.4. The van der Waals surface area contributed by atoms with Crippen LogP contribution in [-0.2, 0) is 6.54 Å². The molecule has 0 saturated heterocycles. The van der Waals surface area contributed by atoms with E-state index < -0.39 is 0 Å². The molecule has 88 valence electrons. The fraction of sp³-hybridized carbons (Fsp3) is 0.692. The first-order chi connectivity index (χ1) is 7.56. The van der Waals surface area contributed by atoms with Gasteiger partial charge in [0, 0.05) is 18.7 Å². The number of aromatic nitrogens is 2. The Morgan fingerprint density at radius 1 is 1.62 bits per heavy atom. The molecular formula is C13H20N2O. The molecule has 1 heterocycles. The van der Waals surface area contributed by atoms with Crippen LogP contribution in [0.15, 0.2) is 12.3 Å². The molecule has 1 aliphatic rings. The number of Topliss-reactive ketones (excluding diaryl/α,β-unsaturated/α-hetero) is 1. The standard InChI is InChI=1S/C13H20N2O/c1-4-15-11(7-9-14-15)12(16)10-6-5-8-13(10,2)3/h7,9-10H,4-6,8H2,1-3H3. The van der Waals surface area contributed by atoms with Crippen molar-refractivity contribution >= 4 is 5.78 Å². The van der Waals surface area contributed by atoms with E-state index in [1.54, 1.807) is 10.9 Å². The van der Waals surface area contributed by atoms with Crippen molar-refractivity contribution in [1.29, 1.82) is 0 Å². The van der Waals surface area contributed by atoms with Gasteiger partial charge in [0.05, 0.1) is 0 Å². The first-order valence-corrected chi connectivity index (χ1v) is 6.12. The predicted molar refractivity (Wildman–Crippen MR) is 63.4 cm³/mol. The molecule has 3 nitrogen and oxygen atoms in total. The van der Waals surface area contributed by atoms with Crippen molar-refractivity contribution < 1.29 is 4.79 Å². The molecule has 0 N–H and O–H groups in total. The molecule has 0 aliphatic heterocycles. The first-order valence-electron chi connectivity index (χ1n) is 6.12. The van der Waals surface area contributed by atoms with E-state index in [1.165, 1.54) is 6.42 Å². The Balaban J connectivity index is 2.26. The molecule has 1 atom stereocenters. The third-order valence-electron chi connectivity index (χ3n) is 3.84. The Morgan fingerprint density at radius 3 is 2.94 bits per heavy atom. The number of nitrogens with zero attached hydrogens (tertiary/aromatic N) is 2. The van der Waals surface area contributed by atoms with Gasteiger partial charge in [-0.15, -0.1) is 0 Å². The van der Waals surface area contributed by atoms with E-state index in [2.05, 4.69) is 18.9 Å². The molecule has 0 aromatic carbocycles. The zero-order valence-electron chi connectivity index (χ0n) is 10.4. The lowest BCUT2D eigenvalue weighted by atomic mass is 9.78. The molecular weight excluding hydrogens is 200 g/mol. The van der Waals surface area contributed by atoms with Crippen LogP contribution in [0.4, 0.5) is 0 Å². The average Bonchev–Trinajstić information content (AvgIpc) is 2.82. The highest BCUT2D eigenvalue weighted by molar-refractivity contribution is 5.97. The zero-order chi connectivity index (χ0) is 11.8. The molecule has 1 unspecified atom stereocenters. The lowest BCUT2D eigenvalue weighted by Gasteiger charge is -2.25. The van der Waals surface area contributed by atoms with Crippen LogP contribution in [0.2, 0.25) is 0 Å². The second-order valence-corrected chi connectivity index (χ2v) is 5.33. The Kier molecular flexibility index (Phi) is 2.87. The van der Waals surface area contributed by atoms with Crippen molar-refractivity contribution in [3.8, 4) is 0 Å². The topological polar surface area (TPSA) is 34.9 Å². The summed E-state index contributed by atoms with van der Waals surface area (Å²) in [6, 6.07) is 1.85. The number of hydrogen-bond donors (Lipinski definition) is 0. The number of carbonyl (C=O) groups excluding carboxylic acids is 1. The predicted octanol–water partition coefficient (Wildman–Crippen LogP) is 2.91. The van der Waals surface area contributed by atoms with Crippen molar-refractivity contribution in [2.75, 3.05) is 0 Å². The minimum atomic E-state index is 0.153. The number of rotatable bonds is 3. The van der Waals surface area contributed by atoms with Gasteiger partial charge in [-0.05, 0) is 31.2 Å². The van der Waals surface area contributed by atoms with Crippen LogP contribution in [0, 0.1) is 11.3 Å². The van der Waals surface area contributed by atoms with Gasteiger partial charge in [-0.3, -0.25) is 9.48 Å². The van der Waals surface area contributed by atoms with Crippen LogP contribution in [0.25, 0.3) is 0 Å². The van der Waals surface area contributed by atoms with Gasteiger partial charge in [-0.1, -0.05) is 20.3 Å². The van der Waals surface area contributed by atoms with Gasteiger partial charge in [0.25, 0.3) is 0 Å². The summed E-state index contributed by atoms with van der Waals surface area (Å²) in [7, 11) is 0. The van der Waals surface area contributed by atoms with Crippen LogP contribution in [-0.4, -0.2) is 15.6 Å². The number of ketones is 1. The van der Waals surface area contributed by atoms with Crippen LogP contribution in [0.5, 0.6) is 0 Å². The SMILES string of the molecule is CCn1nccc1C(=O)C1CCCC1(C)C. The fourth-order valence-corrected chi connectivity index (χ4v) is 2.79. The van der Waals surface area contributed by atoms with Crippen LogP contribution >= 0.6 is 0 Å². The fourth-order valence-electron chi connectivity index (χ4n) is 2.79. The van der Waals surface area contributed by atoms with Crippen molar-refractivity contribution in [2.45, 2.75) is 46.6 Å². The van der Waals surface area contributed by atoms with Crippen LogP contribution in [0.3, 0.4) is 0 Å². The molecule has 0 spiro atoms. The summed E-state index contributed by atoms with van der Waals surface area (Å²) in [6.07, 6.45) is 5.08. The molecule has 1 aliphatic carbocycles. The normalized spacial score (nSPS) is 23.6. The van der Waals surface area contributed by atoms with E-state index in [0.29, 0.717) is 0 Å². The van der Waals surface area contributed by atoms with E-state index in [-0.39, 0.29) is 17.1 Å². The lowest BCUT2D eigenvalue weighted by molar-refractivity contribution is 0.0827. The molecule has 16 heavy (non-hydrogen) atoms. The van der Waals surface area contributed by atoms with Gasteiger partial charge < -0.3 is 0 Å². The van der Waals surface area contributed by atoms with Crippen molar-refractivity contribution in [1.82, 2.24) is 9.78 Å². The van der Waals surface area contributed by atoms with Gasteiger partial charge in [-0.25, -0.2) is 0 Å². The highest BCUT2D eigenvalue weighted by Crippen LogP contribution is 2.44. The highest BCUT2D eigenvalue weighted by Gasteiger charge is 2.40. The zero-order valence-corrected chi connectivity index (χ0v) is 10.4. The van der Waals surface area contributed by atoms with Crippen LogP contribution in [0.1, 0.15) is 50.5 Å². The highest BCUT2D eigenvalue weighted by atomic mass is 16.1. The average molecular weight is 220 g/mol. The molecule has 1 fully saturated rings. The smallest absolute Gasteiger partial charge is 0.184 e. The molecule has 0 bridgehead atoms. The second kappa shape index (κ2) is 4.04. The molecule has 1 aromatic rings. The van der Waals surface area contributed by atoms with E-state index in [0.717, 1.165) is 25.1 Å². The third-order valence-corrected chi connectivity index (χ3v) is 3.84. The van der Waals surface area contributed by atoms with Crippen LogP contribution < -0.4 is 0 Å². The Morgan fingerprint density at radius 2 is 2.38 bits per heavy atom. The summed E-state index contributed by atoms with van der Waals surface area (Å²) in [5.41, 5.74) is 0.933. The second-order valence-electron chi connectivity index (χ2n) is 5.33. The molecule has 0 amide bonds. The molecule has 3 heteroatoms. The monoisotopic (exact) mass is 220 g/mol. The maximum Gasteiger partial charge on any atom is 0.184 e. The van der Waals surface area contributed by atoms with E-state index >= 15 is 0 Å². The maximum absolute atomic E-state index is 12.4. The van der Waals surface area contributed by atoms with E-state index in [9.17, 15) is 4.79 Å². The summed E-state index contributed by atoms with van der Waals surface area (Å²) in [5.74, 6) is 0.455. The van der Waals surface area contributed by atoms with Crippen molar-refractivity contribution in [3.05, 3.63) is 18.0 Å². The number of hydrogen-bond acceptors (Lipinski definition) is 2. The minimum Gasteiger partial charge on any atom is -0.292 e. The van der Waals surface area contributed by atoms with Gasteiger partial charge in [0.2, 0.25) is 0 Å². The lowest BCUT2D eigenvalue weighted by Crippen LogP contribution is -2.27. The Hall–Kier alpha value is -1.12.